The van der Waals surface area contributed by atoms with Crippen LogP contribution in [0.15, 0.2) is 218 Å². The van der Waals surface area contributed by atoms with Crippen molar-refractivity contribution in [2.45, 2.75) is 5.41 Å². The van der Waals surface area contributed by atoms with Crippen LogP contribution in [-0.4, -0.2) is 4.98 Å². The van der Waals surface area contributed by atoms with Crippen molar-refractivity contribution in [1.82, 2.24) is 4.98 Å². The summed E-state index contributed by atoms with van der Waals surface area (Å²) in [4.78, 5) is 12.3. The predicted octanol–water partition coefficient (Wildman–Crippen LogP) is 14.0. The molecule has 63 heavy (non-hydrogen) atoms. The van der Waals surface area contributed by atoms with Gasteiger partial charge in [-0.2, -0.15) is 10.5 Å². The molecular weight excluding hydrogens is 773 g/mol. The maximum absolute atomic E-state index is 9.80. The summed E-state index contributed by atoms with van der Waals surface area (Å²) in [6.45, 7) is 0. The Morgan fingerprint density at radius 3 is 1.24 bits per heavy atom. The third-order valence-corrected chi connectivity index (χ3v) is 12.0. The summed E-state index contributed by atoms with van der Waals surface area (Å²) in [7, 11) is 0. The smallest absolute Gasteiger partial charge is 0.151 e. The van der Waals surface area contributed by atoms with Crippen molar-refractivity contribution in [2.24, 2.45) is 0 Å². The molecule has 1 aromatic heterocycles. The minimum atomic E-state index is -0.661. The molecule has 296 valence electrons. The van der Waals surface area contributed by atoms with Gasteiger partial charge in [-0.3, -0.25) is 9.80 Å². The molecule has 9 aromatic rings. The molecule has 7 nitrogen and oxygen atoms in total. The molecule has 0 bridgehead atoms. The molecule has 0 radical (unpaired) electrons. The fourth-order valence-electron chi connectivity index (χ4n) is 9.27. The first kappa shape index (κ1) is 37.1. The standard InChI is InChI=1S/C56H36N6O/c57-37-39-27-31-43(32-28-39)60(44-33-29-40(38-58)30-34-44)45-35-54(59-55(36-45)62-50-23-11-13-25-52(50)63-53-26-14-12-24-51(53)62)61-48-21-9-7-19-46(48)56(41-15-3-1-4-16-41,42-17-5-2-6-18-42)47-20-8-10-22-49(47)61/h1-36H. The van der Waals surface area contributed by atoms with E-state index in [4.69, 9.17) is 9.72 Å². The van der Waals surface area contributed by atoms with Gasteiger partial charge in [-0.1, -0.05) is 121 Å². The fraction of sp³-hybridized carbons (Fsp3) is 0.0179. The van der Waals surface area contributed by atoms with Gasteiger partial charge in [-0.05, 0) is 107 Å². The van der Waals surface area contributed by atoms with Crippen molar-refractivity contribution in [3.05, 3.63) is 252 Å². The summed E-state index contributed by atoms with van der Waals surface area (Å²) in [5.41, 5.74) is 11.2. The van der Waals surface area contributed by atoms with Crippen molar-refractivity contribution in [2.75, 3.05) is 14.7 Å². The highest BCUT2D eigenvalue weighted by atomic mass is 16.5. The molecule has 0 N–H and O–H groups in total. The summed E-state index contributed by atoms with van der Waals surface area (Å²) in [6, 6.07) is 78.8. The van der Waals surface area contributed by atoms with E-state index >= 15 is 0 Å². The molecule has 2 aliphatic rings. The van der Waals surface area contributed by atoms with E-state index < -0.39 is 5.41 Å². The van der Waals surface area contributed by atoms with Gasteiger partial charge in [-0.25, -0.2) is 4.98 Å². The number of aromatic nitrogens is 1. The Morgan fingerprint density at radius 1 is 0.413 bits per heavy atom. The van der Waals surface area contributed by atoms with Crippen molar-refractivity contribution in [3.8, 4) is 23.6 Å². The molecule has 0 saturated carbocycles. The summed E-state index contributed by atoms with van der Waals surface area (Å²) in [6.07, 6.45) is 0. The number of hydrogen-bond donors (Lipinski definition) is 0. The number of benzene rings is 8. The van der Waals surface area contributed by atoms with Crippen LogP contribution in [0.2, 0.25) is 0 Å². The lowest BCUT2D eigenvalue weighted by molar-refractivity contribution is 0.476. The van der Waals surface area contributed by atoms with E-state index in [1.807, 2.05) is 84.9 Å². The first-order valence-corrected chi connectivity index (χ1v) is 20.7. The van der Waals surface area contributed by atoms with Crippen LogP contribution in [0.25, 0.3) is 0 Å². The van der Waals surface area contributed by atoms with Crippen molar-refractivity contribution in [1.29, 1.82) is 10.5 Å². The van der Waals surface area contributed by atoms with E-state index in [9.17, 15) is 10.5 Å². The second-order valence-electron chi connectivity index (χ2n) is 15.4. The number of nitrogens with zero attached hydrogens (tertiary/aromatic N) is 6. The Bertz CT molecular complexity index is 3050. The fourth-order valence-corrected chi connectivity index (χ4v) is 9.27. The topological polar surface area (TPSA) is 79.4 Å². The molecule has 0 fully saturated rings. The molecule has 2 aliphatic heterocycles. The maximum Gasteiger partial charge on any atom is 0.151 e. The van der Waals surface area contributed by atoms with Crippen LogP contribution >= 0.6 is 0 Å². The second kappa shape index (κ2) is 15.3. The van der Waals surface area contributed by atoms with Gasteiger partial charge in [0.25, 0.3) is 0 Å². The first-order chi connectivity index (χ1) is 31.1. The maximum atomic E-state index is 9.80. The number of para-hydroxylation sites is 6. The summed E-state index contributed by atoms with van der Waals surface area (Å²) >= 11 is 0. The molecule has 0 aliphatic carbocycles. The zero-order chi connectivity index (χ0) is 42.3. The molecule has 0 atom stereocenters. The number of pyridine rings is 1. The van der Waals surface area contributed by atoms with Gasteiger partial charge in [0.1, 0.15) is 11.6 Å². The van der Waals surface area contributed by atoms with Gasteiger partial charge in [0, 0.05) is 23.5 Å². The zero-order valence-electron chi connectivity index (χ0n) is 33.9. The number of ether oxygens (including phenoxy) is 1. The minimum absolute atomic E-state index is 0.554. The Hall–Kier alpha value is -8.91. The van der Waals surface area contributed by atoms with Gasteiger partial charge in [0.15, 0.2) is 11.5 Å². The van der Waals surface area contributed by atoms with Crippen LogP contribution < -0.4 is 19.4 Å². The molecule has 0 saturated heterocycles. The molecule has 0 amide bonds. The lowest BCUT2D eigenvalue weighted by atomic mass is 9.62. The third kappa shape index (κ3) is 6.07. The highest BCUT2D eigenvalue weighted by Gasteiger charge is 2.46. The van der Waals surface area contributed by atoms with E-state index in [0.717, 1.165) is 62.1 Å². The highest BCUT2D eigenvalue weighted by Crippen LogP contribution is 2.58. The van der Waals surface area contributed by atoms with Crippen molar-refractivity contribution >= 4 is 51.4 Å². The van der Waals surface area contributed by atoms with E-state index in [2.05, 4.69) is 160 Å². The quantitative estimate of drug-likeness (QED) is 0.159. The Morgan fingerprint density at radius 2 is 0.794 bits per heavy atom. The van der Waals surface area contributed by atoms with Crippen LogP contribution in [0, 0.1) is 22.7 Å². The average molecular weight is 809 g/mol. The Balaban J connectivity index is 1.22. The monoisotopic (exact) mass is 808 g/mol. The number of fused-ring (bicyclic) bond motifs is 4. The molecule has 8 aromatic carbocycles. The SMILES string of the molecule is N#Cc1ccc(N(c2ccc(C#N)cc2)c2cc(N3c4ccccc4Oc4ccccc43)nc(N3c4ccccc4C(c4ccccc4)(c4ccccc4)c4ccccc43)c2)cc1. The molecule has 11 rings (SSSR count). The van der Waals surface area contributed by atoms with Crippen LogP contribution in [-0.2, 0) is 5.41 Å². The van der Waals surface area contributed by atoms with E-state index in [-0.39, 0.29) is 0 Å². The minimum Gasteiger partial charge on any atom is -0.453 e. The van der Waals surface area contributed by atoms with E-state index in [1.165, 1.54) is 0 Å². The molecular formula is C56H36N6O. The summed E-state index contributed by atoms with van der Waals surface area (Å²) in [5.74, 6) is 2.78. The molecule has 3 heterocycles. The van der Waals surface area contributed by atoms with Crippen LogP contribution in [0.3, 0.4) is 0 Å². The molecule has 0 spiro atoms. The van der Waals surface area contributed by atoms with Crippen molar-refractivity contribution < 1.29 is 4.74 Å². The lowest BCUT2D eigenvalue weighted by Gasteiger charge is -2.46. The Labute approximate surface area is 365 Å². The number of anilines is 9. The second-order valence-corrected chi connectivity index (χ2v) is 15.4. The number of hydrogen-bond acceptors (Lipinski definition) is 7. The lowest BCUT2D eigenvalue weighted by Crippen LogP contribution is -2.38. The van der Waals surface area contributed by atoms with E-state index in [0.29, 0.717) is 34.3 Å². The summed E-state index contributed by atoms with van der Waals surface area (Å²) < 4.78 is 6.49. The normalized spacial score (nSPS) is 12.9. The van der Waals surface area contributed by atoms with Gasteiger partial charge in [-0.15, -0.1) is 0 Å². The number of nitriles is 2. The Kier molecular flexibility index (Phi) is 9.00. The summed E-state index contributed by atoms with van der Waals surface area (Å²) in [5, 5.41) is 19.6. The van der Waals surface area contributed by atoms with Gasteiger partial charge in [0.2, 0.25) is 0 Å². The largest absolute Gasteiger partial charge is 0.453 e. The van der Waals surface area contributed by atoms with Crippen LogP contribution in [0.1, 0.15) is 33.4 Å². The van der Waals surface area contributed by atoms with E-state index in [1.54, 1.807) is 0 Å². The molecule has 0 unspecified atom stereocenters. The zero-order valence-corrected chi connectivity index (χ0v) is 33.9. The average Bonchev–Trinajstić information content (AvgIpc) is 3.35. The van der Waals surface area contributed by atoms with Crippen LogP contribution in [0.4, 0.5) is 51.4 Å². The van der Waals surface area contributed by atoms with Crippen molar-refractivity contribution in [3.63, 3.8) is 0 Å². The first-order valence-electron chi connectivity index (χ1n) is 20.7. The van der Waals surface area contributed by atoms with Gasteiger partial charge < -0.3 is 9.64 Å². The van der Waals surface area contributed by atoms with Crippen LogP contribution in [0.5, 0.6) is 11.5 Å². The third-order valence-electron chi connectivity index (χ3n) is 12.0. The highest BCUT2D eigenvalue weighted by molar-refractivity contribution is 5.93. The number of rotatable bonds is 7. The molecule has 7 heteroatoms. The van der Waals surface area contributed by atoms with Gasteiger partial charge in [0.05, 0.1) is 57.1 Å². The van der Waals surface area contributed by atoms with Gasteiger partial charge >= 0.3 is 0 Å². The predicted molar refractivity (Wildman–Crippen MR) is 250 cm³/mol.